The van der Waals surface area contributed by atoms with Crippen molar-refractivity contribution in [2.24, 2.45) is 11.8 Å². The van der Waals surface area contributed by atoms with Crippen molar-refractivity contribution >= 4 is 10.0 Å². The Morgan fingerprint density at radius 2 is 1.89 bits per heavy atom. The first kappa shape index (κ1) is 27.2. The van der Waals surface area contributed by atoms with Gasteiger partial charge in [0.05, 0.1) is 6.61 Å². The van der Waals surface area contributed by atoms with Crippen LogP contribution >= 0.6 is 0 Å². The Bertz CT molecular complexity index is 1140. The van der Waals surface area contributed by atoms with Crippen LogP contribution in [0.2, 0.25) is 0 Å². The molecule has 190 valence electrons. The highest BCUT2D eigenvalue weighted by atomic mass is 32.2. The lowest BCUT2D eigenvalue weighted by Gasteiger charge is -2.37. The molecular formula is C28H38N2O4S. The highest BCUT2D eigenvalue weighted by molar-refractivity contribution is 7.89. The normalized spacial score (nSPS) is 20.8. The zero-order valence-electron chi connectivity index (χ0n) is 21.4. The maximum atomic E-state index is 13.6. The average molecular weight is 499 g/mol. The summed E-state index contributed by atoms with van der Waals surface area (Å²) in [5.74, 6) is 7.00. The molecule has 0 aromatic heterocycles. The van der Waals surface area contributed by atoms with E-state index >= 15 is 0 Å². The number of rotatable bonds is 7. The van der Waals surface area contributed by atoms with Crippen LogP contribution in [-0.4, -0.2) is 61.6 Å². The van der Waals surface area contributed by atoms with Gasteiger partial charge in [-0.1, -0.05) is 62.9 Å². The number of hydrogen-bond donors (Lipinski definition) is 1. The molecule has 3 atom stereocenters. The molecular weight excluding hydrogens is 460 g/mol. The molecule has 2 aromatic rings. The summed E-state index contributed by atoms with van der Waals surface area (Å²) < 4.78 is 35.0. The fourth-order valence-electron chi connectivity index (χ4n) is 4.15. The molecule has 35 heavy (non-hydrogen) atoms. The Kier molecular flexibility index (Phi) is 9.37. The predicted molar refractivity (Wildman–Crippen MR) is 140 cm³/mol. The highest BCUT2D eigenvalue weighted by Crippen LogP contribution is 2.34. The van der Waals surface area contributed by atoms with Crippen molar-refractivity contribution < 1.29 is 18.3 Å². The minimum Gasteiger partial charge on any atom is -0.487 e. The van der Waals surface area contributed by atoms with Crippen LogP contribution in [0.3, 0.4) is 0 Å². The summed E-state index contributed by atoms with van der Waals surface area (Å²) in [5, 5.41) is 9.81. The van der Waals surface area contributed by atoms with Gasteiger partial charge in [-0.25, -0.2) is 8.42 Å². The second-order valence-corrected chi connectivity index (χ2v) is 11.8. The summed E-state index contributed by atoms with van der Waals surface area (Å²) in [4.78, 5) is 2.31. The lowest BCUT2D eigenvalue weighted by atomic mass is 10.0. The second-order valence-electron chi connectivity index (χ2n) is 9.98. The van der Waals surface area contributed by atoms with Crippen molar-refractivity contribution in [2.45, 2.75) is 57.7 Å². The van der Waals surface area contributed by atoms with Crippen LogP contribution in [0, 0.1) is 23.7 Å². The minimum atomic E-state index is -3.85. The SMILES string of the molecule is CC(C)CC#Cc1ccc2c(c1)O[C@H](CN(C)Cc1ccccc1)[C@H](C)CN([C@H](C)CO)S2(=O)=O. The number of hydrogen-bond acceptors (Lipinski definition) is 5. The smallest absolute Gasteiger partial charge is 0.247 e. The molecule has 1 N–H and O–H groups in total. The quantitative estimate of drug-likeness (QED) is 0.585. The molecule has 2 aromatic carbocycles. The van der Waals surface area contributed by atoms with Gasteiger partial charge in [0, 0.05) is 43.6 Å². The first-order chi connectivity index (χ1) is 16.6. The number of ether oxygens (including phenoxy) is 1. The molecule has 6 nitrogen and oxygen atoms in total. The number of sulfonamides is 1. The predicted octanol–water partition coefficient (Wildman–Crippen LogP) is 3.98. The Hall–Kier alpha value is -2.37. The Morgan fingerprint density at radius 3 is 2.54 bits per heavy atom. The van der Waals surface area contributed by atoms with E-state index in [-0.39, 0.29) is 30.1 Å². The molecule has 7 heteroatoms. The number of aliphatic hydroxyl groups is 1. The van der Waals surface area contributed by atoms with E-state index in [2.05, 4.69) is 42.7 Å². The Labute approximate surface area is 211 Å². The molecule has 1 aliphatic rings. The van der Waals surface area contributed by atoms with E-state index in [0.717, 1.165) is 18.5 Å². The van der Waals surface area contributed by atoms with Crippen LogP contribution in [0.1, 0.15) is 45.2 Å². The summed E-state index contributed by atoms with van der Waals surface area (Å²) in [5.41, 5.74) is 1.93. The van der Waals surface area contributed by atoms with Gasteiger partial charge in [0.2, 0.25) is 10.0 Å². The van der Waals surface area contributed by atoms with Crippen LogP contribution in [0.15, 0.2) is 53.4 Å². The van der Waals surface area contributed by atoms with E-state index in [1.807, 2.05) is 32.2 Å². The first-order valence-electron chi connectivity index (χ1n) is 12.3. The maximum absolute atomic E-state index is 13.6. The fraction of sp³-hybridized carbons (Fsp3) is 0.500. The molecule has 0 bridgehead atoms. The van der Waals surface area contributed by atoms with E-state index < -0.39 is 16.1 Å². The van der Waals surface area contributed by atoms with Crippen molar-refractivity contribution in [2.75, 3.05) is 26.7 Å². The number of likely N-dealkylation sites (N-methyl/N-ethyl adjacent to an activating group) is 1. The molecule has 0 fully saturated rings. The highest BCUT2D eigenvalue weighted by Gasteiger charge is 2.38. The molecule has 3 rings (SSSR count). The summed E-state index contributed by atoms with van der Waals surface area (Å²) >= 11 is 0. The van der Waals surface area contributed by atoms with Crippen molar-refractivity contribution in [3.05, 3.63) is 59.7 Å². The lowest BCUT2D eigenvalue weighted by Crippen LogP contribution is -2.49. The van der Waals surface area contributed by atoms with E-state index in [0.29, 0.717) is 18.2 Å². The van der Waals surface area contributed by atoms with Gasteiger partial charge < -0.3 is 9.84 Å². The van der Waals surface area contributed by atoms with Gasteiger partial charge in [-0.15, -0.1) is 0 Å². The van der Waals surface area contributed by atoms with Crippen molar-refractivity contribution in [3.63, 3.8) is 0 Å². The van der Waals surface area contributed by atoms with Crippen LogP contribution in [-0.2, 0) is 16.6 Å². The van der Waals surface area contributed by atoms with Crippen molar-refractivity contribution in [1.29, 1.82) is 0 Å². The molecule has 1 heterocycles. The molecule has 0 amide bonds. The third-order valence-electron chi connectivity index (χ3n) is 6.20. The molecule has 0 aliphatic carbocycles. The monoisotopic (exact) mass is 498 g/mol. The van der Waals surface area contributed by atoms with Gasteiger partial charge in [0.1, 0.15) is 16.7 Å². The molecule has 0 radical (unpaired) electrons. The third kappa shape index (κ3) is 7.08. The van der Waals surface area contributed by atoms with Gasteiger partial charge in [-0.2, -0.15) is 4.31 Å². The van der Waals surface area contributed by atoms with Gasteiger partial charge >= 0.3 is 0 Å². The standard InChI is InChI=1S/C28H38N2O4S/c1-21(2)10-9-13-24-14-15-28-26(16-24)34-27(19-29(5)18-25-11-7-6-8-12-25)22(3)17-30(23(4)20-31)35(28,32)33/h6-8,11-12,14-16,21-23,27,31H,10,17-20H2,1-5H3/t22-,23-,27-/m1/s1. The summed E-state index contributed by atoms with van der Waals surface area (Å²) in [6.45, 7) is 9.36. The van der Waals surface area contributed by atoms with E-state index in [9.17, 15) is 13.5 Å². The van der Waals surface area contributed by atoms with Crippen LogP contribution in [0.25, 0.3) is 0 Å². The van der Waals surface area contributed by atoms with E-state index in [4.69, 9.17) is 4.74 Å². The van der Waals surface area contributed by atoms with Gasteiger partial charge in [-0.05, 0) is 43.7 Å². The zero-order chi connectivity index (χ0) is 25.6. The molecule has 0 unspecified atom stereocenters. The van der Waals surface area contributed by atoms with Crippen LogP contribution in [0.4, 0.5) is 0 Å². The number of benzene rings is 2. The minimum absolute atomic E-state index is 0.0965. The summed E-state index contributed by atoms with van der Waals surface area (Å²) in [7, 11) is -1.81. The molecule has 0 spiro atoms. The zero-order valence-corrected chi connectivity index (χ0v) is 22.3. The largest absolute Gasteiger partial charge is 0.487 e. The van der Waals surface area contributed by atoms with Crippen molar-refractivity contribution in [1.82, 2.24) is 9.21 Å². The third-order valence-corrected chi connectivity index (χ3v) is 8.22. The molecule has 0 saturated carbocycles. The molecule has 0 saturated heterocycles. The summed E-state index contributed by atoms with van der Waals surface area (Å²) in [6, 6.07) is 14.7. The topological polar surface area (TPSA) is 70.1 Å². The molecule has 1 aliphatic heterocycles. The van der Waals surface area contributed by atoms with Gasteiger partial charge in [0.25, 0.3) is 0 Å². The van der Waals surface area contributed by atoms with Crippen LogP contribution in [0.5, 0.6) is 5.75 Å². The van der Waals surface area contributed by atoms with E-state index in [1.54, 1.807) is 25.1 Å². The van der Waals surface area contributed by atoms with Gasteiger partial charge in [-0.3, -0.25) is 4.90 Å². The second kappa shape index (κ2) is 12.0. The fourth-order valence-corrected chi connectivity index (χ4v) is 5.97. The Morgan fingerprint density at radius 1 is 1.17 bits per heavy atom. The number of aliphatic hydroxyl groups excluding tert-OH is 1. The maximum Gasteiger partial charge on any atom is 0.247 e. The lowest BCUT2D eigenvalue weighted by molar-refractivity contribution is 0.0733. The van der Waals surface area contributed by atoms with Gasteiger partial charge in [0.15, 0.2) is 0 Å². The number of fused-ring (bicyclic) bond motifs is 1. The average Bonchev–Trinajstić information content (AvgIpc) is 2.81. The van der Waals surface area contributed by atoms with Crippen LogP contribution < -0.4 is 4.74 Å². The first-order valence-corrected chi connectivity index (χ1v) is 13.7. The Balaban J connectivity index is 1.97. The number of nitrogens with zero attached hydrogens (tertiary/aromatic N) is 2. The van der Waals surface area contributed by atoms with Crippen molar-refractivity contribution in [3.8, 4) is 17.6 Å². The van der Waals surface area contributed by atoms with E-state index in [1.165, 1.54) is 9.87 Å². The summed E-state index contributed by atoms with van der Waals surface area (Å²) in [6.07, 6.45) is 0.521.